The Balaban J connectivity index is 1.26. The highest BCUT2D eigenvalue weighted by Crippen LogP contribution is 2.25. The predicted octanol–water partition coefficient (Wildman–Crippen LogP) is 3.90. The van der Waals surface area contributed by atoms with E-state index >= 15 is 0 Å². The number of hydrogen-bond donors (Lipinski definition) is 1. The van der Waals surface area contributed by atoms with E-state index in [2.05, 4.69) is 48.5 Å². The molecular formula is C26H28N8O. The summed E-state index contributed by atoms with van der Waals surface area (Å²) in [5.41, 5.74) is 4.96. The van der Waals surface area contributed by atoms with Crippen LogP contribution in [0.4, 0.5) is 11.6 Å². The molecule has 0 saturated carbocycles. The average Bonchev–Trinajstić information content (AvgIpc) is 3.22. The van der Waals surface area contributed by atoms with Crippen LogP contribution in [-0.4, -0.2) is 48.9 Å². The average molecular weight is 469 g/mol. The number of amides is 1. The second kappa shape index (κ2) is 9.61. The maximum Gasteiger partial charge on any atom is 0.230 e. The van der Waals surface area contributed by atoms with Gasteiger partial charge in [-0.2, -0.15) is 5.10 Å². The van der Waals surface area contributed by atoms with Crippen LogP contribution < -0.4 is 10.2 Å². The highest BCUT2D eigenvalue weighted by Gasteiger charge is 2.27. The zero-order valence-corrected chi connectivity index (χ0v) is 20.1. The molecule has 1 saturated heterocycles. The number of aryl methyl sites for hydroxylation is 3. The Morgan fingerprint density at radius 1 is 1.00 bits per heavy atom. The molecule has 1 fully saturated rings. The highest BCUT2D eigenvalue weighted by molar-refractivity contribution is 5.92. The third kappa shape index (κ3) is 4.89. The number of aromatic nitrogens is 6. The van der Waals surface area contributed by atoms with E-state index in [1.165, 1.54) is 6.33 Å². The van der Waals surface area contributed by atoms with Gasteiger partial charge < -0.3 is 10.2 Å². The van der Waals surface area contributed by atoms with Gasteiger partial charge in [0.15, 0.2) is 11.6 Å². The highest BCUT2D eigenvalue weighted by atomic mass is 16.2. The van der Waals surface area contributed by atoms with Gasteiger partial charge >= 0.3 is 0 Å². The lowest BCUT2D eigenvalue weighted by Crippen LogP contribution is -2.41. The van der Waals surface area contributed by atoms with Crippen molar-refractivity contribution in [3.05, 3.63) is 71.8 Å². The zero-order valence-electron chi connectivity index (χ0n) is 20.1. The topological polar surface area (TPSA) is 102 Å². The molecule has 4 heterocycles. The van der Waals surface area contributed by atoms with E-state index in [9.17, 15) is 4.79 Å². The number of carbonyl (C=O) groups is 1. The molecule has 1 aliphatic heterocycles. The molecule has 1 atom stereocenters. The summed E-state index contributed by atoms with van der Waals surface area (Å²) in [6.45, 7) is 7.39. The van der Waals surface area contributed by atoms with Crippen molar-refractivity contribution < 1.29 is 4.79 Å². The van der Waals surface area contributed by atoms with Crippen molar-refractivity contribution in [2.24, 2.45) is 5.92 Å². The lowest BCUT2D eigenvalue weighted by atomic mass is 9.97. The van der Waals surface area contributed by atoms with Gasteiger partial charge in [0, 0.05) is 30.4 Å². The van der Waals surface area contributed by atoms with Gasteiger partial charge in [0.25, 0.3) is 0 Å². The first-order valence-corrected chi connectivity index (χ1v) is 11.8. The van der Waals surface area contributed by atoms with Crippen molar-refractivity contribution >= 4 is 17.5 Å². The zero-order chi connectivity index (χ0) is 24.4. The van der Waals surface area contributed by atoms with E-state index in [1.807, 2.05) is 50.2 Å². The Hall–Kier alpha value is -4.14. The summed E-state index contributed by atoms with van der Waals surface area (Å²) in [7, 11) is 0. The maximum atomic E-state index is 13.1. The monoisotopic (exact) mass is 468 g/mol. The van der Waals surface area contributed by atoms with Crippen molar-refractivity contribution in [2.45, 2.75) is 33.6 Å². The number of carbonyl (C=O) groups excluding carboxylic acids is 1. The van der Waals surface area contributed by atoms with Crippen LogP contribution in [0.15, 0.2) is 54.9 Å². The van der Waals surface area contributed by atoms with Crippen molar-refractivity contribution in [1.82, 2.24) is 29.9 Å². The molecule has 4 aromatic rings. The second-order valence-electron chi connectivity index (χ2n) is 8.97. The summed E-state index contributed by atoms with van der Waals surface area (Å²) in [6, 6.07) is 15.8. The lowest BCUT2D eigenvalue weighted by molar-refractivity contribution is -0.120. The SMILES string of the molecule is Cc1cc(C)n(-c2cc(NC(=O)C3CCCN(c4ccc(-c5ccccc5C)nn4)C3)ncn2)n1. The van der Waals surface area contributed by atoms with Crippen LogP contribution in [0, 0.1) is 26.7 Å². The van der Waals surface area contributed by atoms with Crippen LogP contribution in [0.3, 0.4) is 0 Å². The van der Waals surface area contributed by atoms with E-state index in [0.29, 0.717) is 18.2 Å². The lowest BCUT2D eigenvalue weighted by Gasteiger charge is -2.32. The third-order valence-corrected chi connectivity index (χ3v) is 6.32. The van der Waals surface area contributed by atoms with Crippen molar-refractivity contribution in [2.75, 3.05) is 23.3 Å². The summed E-state index contributed by atoms with van der Waals surface area (Å²) in [6.07, 6.45) is 3.16. The van der Waals surface area contributed by atoms with Gasteiger partial charge in [-0.15, -0.1) is 10.2 Å². The molecule has 35 heavy (non-hydrogen) atoms. The molecule has 0 radical (unpaired) electrons. The van der Waals surface area contributed by atoms with Gasteiger partial charge in [-0.25, -0.2) is 14.6 Å². The fraction of sp³-hybridized carbons (Fsp3) is 0.308. The summed E-state index contributed by atoms with van der Waals surface area (Å²) < 4.78 is 1.74. The van der Waals surface area contributed by atoms with Gasteiger partial charge in [0.1, 0.15) is 12.1 Å². The first-order chi connectivity index (χ1) is 17.0. The molecule has 5 rings (SSSR count). The van der Waals surface area contributed by atoms with E-state index in [4.69, 9.17) is 0 Å². The van der Waals surface area contributed by atoms with Gasteiger partial charge in [-0.1, -0.05) is 24.3 Å². The molecule has 1 unspecified atom stereocenters. The van der Waals surface area contributed by atoms with E-state index in [0.717, 1.165) is 53.4 Å². The molecule has 1 aliphatic rings. The van der Waals surface area contributed by atoms with Crippen LogP contribution in [0.25, 0.3) is 17.1 Å². The maximum absolute atomic E-state index is 13.1. The predicted molar refractivity (Wildman–Crippen MR) is 134 cm³/mol. The summed E-state index contributed by atoms with van der Waals surface area (Å²) >= 11 is 0. The largest absolute Gasteiger partial charge is 0.354 e. The Morgan fingerprint density at radius 2 is 1.86 bits per heavy atom. The number of piperidine rings is 1. The van der Waals surface area contributed by atoms with Crippen LogP contribution >= 0.6 is 0 Å². The molecule has 0 spiro atoms. The minimum Gasteiger partial charge on any atom is -0.354 e. The number of rotatable bonds is 5. The van der Waals surface area contributed by atoms with Gasteiger partial charge in [0.2, 0.25) is 5.91 Å². The Morgan fingerprint density at radius 3 is 2.60 bits per heavy atom. The molecule has 1 aromatic carbocycles. The normalized spacial score (nSPS) is 15.7. The number of benzene rings is 1. The molecule has 1 amide bonds. The molecule has 0 aliphatic carbocycles. The van der Waals surface area contributed by atoms with Crippen LogP contribution in [0.1, 0.15) is 29.8 Å². The van der Waals surface area contributed by atoms with Gasteiger partial charge in [-0.05, 0) is 57.4 Å². The van der Waals surface area contributed by atoms with Crippen LogP contribution in [-0.2, 0) is 4.79 Å². The quantitative estimate of drug-likeness (QED) is 0.474. The molecule has 0 bridgehead atoms. The van der Waals surface area contributed by atoms with E-state index < -0.39 is 0 Å². The third-order valence-electron chi connectivity index (χ3n) is 6.32. The molecule has 9 nitrogen and oxygen atoms in total. The van der Waals surface area contributed by atoms with Crippen molar-refractivity contribution in [3.8, 4) is 17.1 Å². The van der Waals surface area contributed by atoms with E-state index in [-0.39, 0.29) is 11.8 Å². The number of hydrogen-bond acceptors (Lipinski definition) is 7. The first-order valence-electron chi connectivity index (χ1n) is 11.8. The molecular weight excluding hydrogens is 440 g/mol. The van der Waals surface area contributed by atoms with Crippen molar-refractivity contribution in [1.29, 1.82) is 0 Å². The molecule has 178 valence electrons. The van der Waals surface area contributed by atoms with Crippen LogP contribution in [0.2, 0.25) is 0 Å². The second-order valence-corrected chi connectivity index (χ2v) is 8.97. The number of nitrogens with one attached hydrogen (secondary N) is 1. The molecule has 1 N–H and O–H groups in total. The number of anilines is 2. The summed E-state index contributed by atoms with van der Waals surface area (Å²) in [4.78, 5) is 23.8. The van der Waals surface area contributed by atoms with Crippen LogP contribution in [0.5, 0.6) is 0 Å². The minimum atomic E-state index is -0.173. The minimum absolute atomic E-state index is 0.0581. The first kappa shape index (κ1) is 22.6. The fourth-order valence-electron chi connectivity index (χ4n) is 4.52. The molecule has 3 aromatic heterocycles. The van der Waals surface area contributed by atoms with Crippen molar-refractivity contribution in [3.63, 3.8) is 0 Å². The smallest absolute Gasteiger partial charge is 0.230 e. The Bertz CT molecular complexity index is 1350. The summed E-state index contributed by atoms with van der Waals surface area (Å²) in [5.74, 6) is 1.64. The standard InChI is InChI=1S/C26H28N8O/c1-17-7-4-5-9-21(17)22-10-11-24(31-30-22)33-12-6-8-20(15-33)26(35)29-23-14-25(28-16-27-23)34-19(3)13-18(2)32-34/h4-5,7,9-11,13-14,16,20H,6,8,12,15H2,1-3H3,(H,27,28,29,35). The van der Waals surface area contributed by atoms with Gasteiger partial charge in [-0.3, -0.25) is 4.79 Å². The van der Waals surface area contributed by atoms with E-state index in [1.54, 1.807) is 10.7 Å². The number of nitrogens with zero attached hydrogens (tertiary/aromatic N) is 7. The Kier molecular flexibility index (Phi) is 6.22. The molecule has 9 heteroatoms. The summed E-state index contributed by atoms with van der Waals surface area (Å²) in [5, 5.41) is 16.3. The fourth-order valence-corrected chi connectivity index (χ4v) is 4.52. The van der Waals surface area contributed by atoms with Gasteiger partial charge in [0.05, 0.1) is 17.3 Å². The Labute approximate surface area is 204 Å².